The van der Waals surface area contributed by atoms with E-state index in [0.717, 1.165) is 17.8 Å². The predicted molar refractivity (Wildman–Crippen MR) is 89.5 cm³/mol. The zero-order valence-electron chi connectivity index (χ0n) is 15.3. The van der Waals surface area contributed by atoms with E-state index in [1.807, 2.05) is 0 Å². The van der Waals surface area contributed by atoms with E-state index < -0.39 is 0 Å². The fourth-order valence-corrected chi connectivity index (χ4v) is 4.14. The molecule has 0 aliphatic heterocycles. The van der Waals surface area contributed by atoms with E-state index in [9.17, 15) is 0 Å². The van der Waals surface area contributed by atoms with Crippen LogP contribution < -0.4 is 0 Å². The standard InChI is InChI=1S/C19H40/c1-10-14-17(12-3)19(9,18(7,8)13-4)16(6)15(5)11-2/h15-17H,10-14H2,1-9H3. The van der Waals surface area contributed by atoms with Gasteiger partial charge in [0.2, 0.25) is 0 Å². The van der Waals surface area contributed by atoms with Gasteiger partial charge in [0.15, 0.2) is 0 Å². The molecule has 0 aromatic carbocycles. The Labute approximate surface area is 123 Å². The minimum Gasteiger partial charge on any atom is -0.0654 e. The Balaban J connectivity index is 5.58. The first-order valence-electron chi connectivity index (χ1n) is 8.72. The van der Waals surface area contributed by atoms with Crippen molar-refractivity contribution < 1.29 is 0 Å². The fraction of sp³-hybridized carbons (Fsp3) is 1.00. The summed E-state index contributed by atoms with van der Waals surface area (Å²) in [5.74, 6) is 2.47. The number of hydrogen-bond donors (Lipinski definition) is 0. The average molecular weight is 269 g/mol. The van der Waals surface area contributed by atoms with Crippen molar-refractivity contribution in [2.75, 3.05) is 0 Å². The van der Waals surface area contributed by atoms with E-state index in [1.54, 1.807) is 0 Å². The second kappa shape index (κ2) is 7.70. The van der Waals surface area contributed by atoms with Gasteiger partial charge >= 0.3 is 0 Å². The maximum Gasteiger partial charge on any atom is -0.0218 e. The van der Waals surface area contributed by atoms with Crippen molar-refractivity contribution >= 4 is 0 Å². The Morgan fingerprint density at radius 3 is 1.68 bits per heavy atom. The van der Waals surface area contributed by atoms with Gasteiger partial charge in [-0.05, 0) is 28.6 Å². The van der Waals surface area contributed by atoms with Crippen LogP contribution in [0.5, 0.6) is 0 Å². The summed E-state index contributed by atoms with van der Waals surface area (Å²) in [5.41, 5.74) is 0.869. The second-order valence-corrected chi connectivity index (χ2v) is 7.59. The smallest absolute Gasteiger partial charge is 0.0218 e. The molecule has 4 unspecified atom stereocenters. The monoisotopic (exact) mass is 268 g/mol. The molecule has 0 nitrogen and oxygen atoms in total. The normalized spacial score (nSPS) is 20.7. The van der Waals surface area contributed by atoms with Crippen molar-refractivity contribution in [3.05, 3.63) is 0 Å². The van der Waals surface area contributed by atoms with Gasteiger partial charge in [-0.1, -0.05) is 94.4 Å². The summed E-state index contributed by atoms with van der Waals surface area (Å²) >= 11 is 0. The van der Waals surface area contributed by atoms with Crippen LogP contribution in [0.4, 0.5) is 0 Å². The maximum absolute atomic E-state index is 2.59. The van der Waals surface area contributed by atoms with E-state index in [4.69, 9.17) is 0 Å². The van der Waals surface area contributed by atoms with Gasteiger partial charge in [0.1, 0.15) is 0 Å². The lowest BCUT2D eigenvalue weighted by atomic mass is 9.50. The van der Waals surface area contributed by atoms with Crippen molar-refractivity contribution in [2.45, 2.75) is 94.4 Å². The molecule has 0 bridgehead atoms. The second-order valence-electron chi connectivity index (χ2n) is 7.59. The number of rotatable bonds is 9. The van der Waals surface area contributed by atoms with Crippen LogP contribution in [0.2, 0.25) is 0 Å². The first kappa shape index (κ1) is 19.0. The van der Waals surface area contributed by atoms with Crippen LogP contribution in [0.25, 0.3) is 0 Å². The molecule has 116 valence electrons. The zero-order chi connectivity index (χ0) is 15.3. The minimum absolute atomic E-state index is 0.422. The van der Waals surface area contributed by atoms with E-state index in [1.165, 1.54) is 32.1 Å². The van der Waals surface area contributed by atoms with Gasteiger partial charge in [0.25, 0.3) is 0 Å². The molecule has 0 spiro atoms. The van der Waals surface area contributed by atoms with E-state index in [0.29, 0.717) is 10.8 Å². The SMILES string of the molecule is CCCC(CC)C(C)(C(C)C(C)CC)C(C)(C)CC. The zero-order valence-corrected chi connectivity index (χ0v) is 15.3. The van der Waals surface area contributed by atoms with Crippen LogP contribution in [0, 0.1) is 28.6 Å². The van der Waals surface area contributed by atoms with Gasteiger partial charge in [0, 0.05) is 0 Å². The summed E-state index contributed by atoms with van der Waals surface area (Å²) < 4.78 is 0. The maximum atomic E-state index is 2.59. The lowest BCUT2D eigenvalue weighted by Crippen LogP contribution is -2.48. The predicted octanol–water partition coefficient (Wildman–Crippen LogP) is 6.94. The summed E-state index contributed by atoms with van der Waals surface area (Å²) in [5, 5.41) is 0. The van der Waals surface area contributed by atoms with Crippen LogP contribution in [0.1, 0.15) is 94.4 Å². The first-order valence-corrected chi connectivity index (χ1v) is 8.72. The molecular weight excluding hydrogens is 228 g/mol. The van der Waals surface area contributed by atoms with Crippen LogP contribution in [-0.4, -0.2) is 0 Å². The lowest BCUT2D eigenvalue weighted by Gasteiger charge is -2.55. The van der Waals surface area contributed by atoms with Crippen LogP contribution in [0.15, 0.2) is 0 Å². The van der Waals surface area contributed by atoms with Crippen molar-refractivity contribution in [2.24, 2.45) is 28.6 Å². The molecule has 0 saturated carbocycles. The van der Waals surface area contributed by atoms with E-state index in [-0.39, 0.29) is 0 Å². The van der Waals surface area contributed by atoms with Crippen molar-refractivity contribution in [1.82, 2.24) is 0 Å². The molecule has 0 aromatic heterocycles. The Morgan fingerprint density at radius 2 is 1.37 bits per heavy atom. The minimum atomic E-state index is 0.422. The summed E-state index contributed by atoms with van der Waals surface area (Å²) in [7, 11) is 0. The van der Waals surface area contributed by atoms with E-state index in [2.05, 4.69) is 62.3 Å². The van der Waals surface area contributed by atoms with Crippen LogP contribution in [-0.2, 0) is 0 Å². The average Bonchev–Trinajstić information content (AvgIpc) is 2.41. The molecule has 0 aromatic rings. The van der Waals surface area contributed by atoms with E-state index >= 15 is 0 Å². The first-order chi connectivity index (χ1) is 8.72. The third-order valence-electron chi connectivity index (χ3n) is 6.76. The molecule has 0 aliphatic rings. The summed E-state index contributed by atoms with van der Waals surface area (Å²) in [6.07, 6.45) is 6.62. The molecule has 4 atom stereocenters. The Bertz CT molecular complexity index is 236. The molecule has 0 radical (unpaired) electrons. The summed E-state index contributed by atoms with van der Waals surface area (Å²) in [6.45, 7) is 22.0. The van der Waals surface area contributed by atoms with Gasteiger partial charge in [-0.25, -0.2) is 0 Å². The van der Waals surface area contributed by atoms with Crippen molar-refractivity contribution in [3.63, 3.8) is 0 Å². The highest BCUT2D eigenvalue weighted by Gasteiger charge is 2.49. The van der Waals surface area contributed by atoms with Gasteiger partial charge in [-0.3, -0.25) is 0 Å². The number of hydrogen-bond acceptors (Lipinski definition) is 0. The lowest BCUT2D eigenvalue weighted by molar-refractivity contribution is -0.0605. The molecule has 0 heteroatoms. The Hall–Kier alpha value is 0. The van der Waals surface area contributed by atoms with Gasteiger partial charge < -0.3 is 0 Å². The Kier molecular flexibility index (Phi) is 7.70. The van der Waals surface area contributed by atoms with Crippen molar-refractivity contribution in [1.29, 1.82) is 0 Å². The molecule has 0 aliphatic carbocycles. The molecule has 0 rings (SSSR count). The molecule has 0 N–H and O–H groups in total. The summed E-state index contributed by atoms with van der Waals surface area (Å²) in [6, 6.07) is 0. The molecule has 19 heavy (non-hydrogen) atoms. The largest absolute Gasteiger partial charge is 0.0654 e. The van der Waals surface area contributed by atoms with Crippen molar-refractivity contribution in [3.8, 4) is 0 Å². The third-order valence-corrected chi connectivity index (χ3v) is 6.76. The van der Waals surface area contributed by atoms with Crippen LogP contribution in [0.3, 0.4) is 0 Å². The Morgan fingerprint density at radius 1 is 0.842 bits per heavy atom. The molecule has 0 amide bonds. The third kappa shape index (κ3) is 3.76. The summed E-state index contributed by atoms with van der Waals surface area (Å²) in [4.78, 5) is 0. The van der Waals surface area contributed by atoms with Crippen LogP contribution >= 0.6 is 0 Å². The molecule has 0 heterocycles. The van der Waals surface area contributed by atoms with Gasteiger partial charge in [-0.2, -0.15) is 0 Å². The molecule has 0 saturated heterocycles. The highest BCUT2D eigenvalue weighted by Crippen LogP contribution is 2.56. The topological polar surface area (TPSA) is 0 Å². The highest BCUT2D eigenvalue weighted by molar-refractivity contribution is 4.97. The highest BCUT2D eigenvalue weighted by atomic mass is 14.5. The quantitative estimate of drug-likeness (QED) is 0.425. The molecular formula is C19H40. The fourth-order valence-electron chi connectivity index (χ4n) is 4.14. The van der Waals surface area contributed by atoms with Gasteiger partial charge in [-0.15, -0.1) is 0 Å². The van der Waals surface area contributed by atoms with Gasteiger partial charge in [0.05, 0.1) is 0 Å². The molecule has 0 fully saturated rings.